The molecule has 0 saturated heterocycles. The average molecular weight is 269 g/mol. The lowest BCUT2D eigenvalue weighted by atomic mass is 9.92. The summed E-state index contributed by atoms with van der Waals surface area (Å²) in [6.45, 7) is 1.90. The van der Waals surface area contributed by atoms with E-state index in [9.17, 15) is 13.2 Å². The van der Waals surface area contributed by atoms with Gasteiger partial charge in [-0.2, -0.15) is 0 Å². The summed E-state index contributed by atoms with van der Waals surface area (Å²) >= 11 is 0. The topological polar surface area (TPSA) is 83.5 Å². The fourth-order valence-corrected chi connectivity index (χ4v) is 3.90. The van der Waals surface area contributed by atoms with Crippen LogP contribution in [0.2, 0.25) is 0 Å². The molecule has 1 aromatic rings. The Kier molecular flexibility index (Phi) is 3.30. The Labute approximate surface area is 106 Å². The molecule has 1 aromatic carbocycles. The summed E-state index contributed by atoms with van der Waals surface area (Å²) < 4.78 is 24.4. The van der Waals surface area contributed by atoms with Crippen molar-refractivity contribution in [3.8, 4) is 0 Å². The summed E-state index contributed by atoms with van der Waals surface area (Å²) in [5.74, 6) is 0. The van der Waals surface area contributed by atoms with Gasteiger partial charge in [0.2, 0.25) is 0 Å². The molecule has 0 radical (unpaired) electrons. The quantitative estimate of drug-likeness (QED) is 0.872. The third-order valence-electron chi connectivity index (χ3n) is 3.21. The molecule has 0 unspecified atom stereocenters. The standard InChI is InChI=1S/C12H15NO4S/c1-8-2-4-10(5-3-8)18(16,17)11-6-9(7-11)13-12(14)15/h2-5,9,11,13H,6-7H2,1H3,(H,14,15). The molecule has 1 fully saturated rings. The number of hydrogen-bond acceptors (Lipinski definition) is 3. The maximum absolute atomic E-state index is 12.2. The van der Waals surface area contributed by atoms with Crippen LogP contribution in [-0.4, -0.2) is 30.9 Å². The molecular formula is C12H15NO4S. The van der Waals surface area contributed by atoms with Gasteiger partial charge in [0.1, 0.15) is 0 Å². The van der Waals surface area contributed by atoms with Crippen molar-refractivity contribution in [1.29, 1.82) is 0 Å². The van der Waals surface area contributed by atoms with Crippen LogP contribution in [0.25, 0.3) is 0 Å². The molecule has 0 spiro atoms. The number of nitrogens with one attached hydrogen (secondary N) is 1. The first-order valence-electron chi connectivity index (χ1n) is 5.69. The zero-order chi connectivity index (χ0) is 13.3. The van der Waals surface area contributed by atoms with Crippen LogP contribution < -0.4 is 5.32 Å². The lowest BCUT2D eigenvalue weighted by Gasteiger charge is -2.34. The summed E-state index contributed by atoms with van der Waals surface area (Å²) in [5, 5.41) is 10.3. The summed E-state index contributed by atoms with van der Waals surface area (Å²) in [7, 11) is -3.32. The highest BCUT2D eigenvalue weighted by molar-refractivity contribution is 7.92. The molecule has 0 heterocycles. The molecule has 18 heavy (non-hydrogen) atoms. The van der Waals surface area contributed by atoms with Crippen molar-refractivity contribution in [2.45, 2.75) is 36.0 Å². The van der Waals surface area contributed by atoms with Crippen LogP contribution in [0.15, 0.2) is 29.2 Å². The van der Waals surface area contributed by atoms with E-state index in [2.05, 4.69) is 5.32 Å². The van der Waals surface area contributed by atoms with E-state index >= 15 is 0 Å². The minimum atomic E-state index is -3.32. The first-order valence-corrected chi connectivity index (χ1v) is 7.24. The number of carboxylic acid groups (broad SMARTS) is 1. The van der Waals surface area contributed by atoms with E-state index in [1.54, 1.807) is 24.3 Å². The van der Waals surface area contributed by atoms with Crippen LogP contribution in [0, 0.1) is 6.92 Å². The van der Waals surface area contributed by atoms with Gasteiger partial charge in [-0.3, -0.25) is 0 Å². The average Bonchev–Trinajstić information content (AvgIpc) is 2.23. The Hall–Kier alpha value is -1.56. The van der Waals surface area contributed by atoms with Crippen molar-refractivity contribution in [3.05, 3.63) is 29.8 Å². The predicted octanol–water partition coefficient (Wildman–Crippen LogP) is 1.57. The fraction of sp³-hybridized carbons (Fsp3) is 0.417. The van der Waals surface area contributed by atoms with E-state index in [-0.39, 0.29) is 6.04 Å². The number of carbonyl (C=O) groups is 1. The number of rotatable bonds is 3. The van der Waals surface area contributed by atoms with E-state index in [0.717, 1.165) is 5.56 Å². The first-order chi connectivity index (χ1) is 8.39. The lowest BCUT2D eigenvalue weighted by Crippen LogP contribution is -2.49. The van der Waals surface area contributed by atoms with Crippen LogP contribution >= 0.6 is 0 Å². The number of aryl methyl sites for hydroxylation is 1. The van der Waals surface area contributed by atoms with Crippen LogP contribution in [0.5, 0.6) is 0 Å². The van der Waals surface area contributed by atoms with Crippen LogP contribution in [-0.2, 0) is 9.84 Å². The normalized spacial score (nSPS) is 23.2. The Bertz CT molecular complexity index is 544. The smallest absolute Gasteiger partial charge is 0.404 e. The molecule has 5 nitrogen and oxygen atoms in total. The second-order valence-electron chi connectivity index (χ2n) is 4.60. The largest absolute Gasteiger partial charge is 0.465 e. The molecule has 0 aromatic heterocycles. The Morgan fingerprint density at radius 3 is 2.33 bits per heavy atom. The van der Waals surface area contributed by atoms with Crippen LogP contribution in [0.1, 0.15) is 18.4 Å². The molecular weight excluding hydrogens is 254 g/mol. The van der Waals surface area contributed by atoms with E-state index in [0.29, 0.717) is 17.7 Å². The summed E-state index contributed by atoms with van der Waals surface area (Å²) in [6, 6.07) is 6.48. The minimum Gasteiger partial charge on any atom is -0.465 e. The van der Waals surface area contributed by atoms with Crippen molar-refractivity contribution in [2.75, 3.05) is 0 Å². The molecule has 1 aliphatic carbocycles. The summed E-state index contributed by atoms with van der Waals surface area (Å²) in [6.07, 6.45) is -0.406. The van der Waals surface area contributed by atoms with Gasteiger partial charge in [-0.05, 0) is 31.9 Å². The summed E-state index contributed by atoms with van der Waals surface area (Å²) in [5.41, 5.74) is 1.01. The summed E-state index contributed by atoms with van der Waals surface area (Å²) in [4.78, 5) is 10.7. The second kappa shape index (κ2) is 4.61. The molecule has 6 heteroatoms. The molecule has 2 N–H and O–H groups in total. The zero-order valence-corrected chi connectivity index (χ0v) is 10.8. The van der Waals surface area contributed by atoms with Crippen molar-refractivity contribution in [3.63, 3.8) is 0 Å². The first kappa shape index (κ1) is 12.9. The van der Waals surface area contributed by atoms with Gasteiger partial charge >= 0.3 is 6.09 Å². The Morgan fingerprint density at radius 2 is 1.83 bits per heavy atom. The SMILES string of the molecule is Cc1ccc(S(=O)(=O)C2CC(NC(=O)O)C2)cc1. The van der Waals surface area contributed by atoms with Gasteiger partial charge in [0, 0.05) is 6.04 Å². The molecule has 1 saturated carbocycles. The number of amides is 1. The lowest BCUT2D eigenvalue weighted by molar-refractivity contribution is 0.182. The maximum atomic E-state index is 12.2. The van der Waals surface area contributed by atoms with E-state index in [1.807, 2.05) is 6.92 Å². The van der Waals surface area contributed by atoms with Crippen molar-refractivity contribution in [1.82, 2.24) is 5.32 Å². The van der Waals surface area contributed by atoms with Crippen molar-refractivity contribution >= 4 is 15.9 Å². The number of sulfone groups is 1. The van der Waals surface area contributed by atoms with Gasteiger partial charge in [0.05, 0.1) is 10.1 Å². The fourth-order valence-electron chi connectivity index (χ4n) is 2.03. The predicted molar refractivity (Wildman–Crippen MR) is 66.3 cm³/mol. The molecule has 0 aliphatic heterocycles. The van der Waals surface area contributed by atoms with Crippen LogP contribution in [0.3, 0.4) is 0 Å². The van der Waals surface area contributed by atoms with Crippen LogP contribution in [0.4, 0.5) is 4.79 Å². The molecule has 0 atom stereocenters. The van der Waals surface area contributed by atoms with E-state index < -0.39 is 21.2 Å². The maximum Gasteiger partial charge on any atom is 0.404 e. The van der Waals surface area contributed by atoms with E-state index in [4.69, 9.17) is 5.11 Å². The number of hydrogen-bond donors (Lipinski definition) is 2. The van der Waals surface area contributed by atoms with Crippen molar-refractivity contribution < 1.29 is 18.3 Å². The monoisotopic (exact) mass is 269 g/mol. The Balaban J connectivity index is 2.06. The van der Waals surface area contributed by atoms with Gasteiger partial charge in [0.15, 0.2) is 9.84 Å². The third-order valence-corrected chi connectivity index (χ3v) is 5.40. The van der Waals surface area contributed by atoms with Crippen molar-refractivity contribution in [2.24, 2.45) is 0 Å². The number of benzene rings is 1. The molecule has 0 bridgehead atoms. The van der Waals surface area contributed by atoms with Gasteiger partial charge in [-0.15, -0.1) is 0 Å². The zero-order valence-electron chi connectivity index (χ0n) is 9.96. The highest BCUT2D eigenvalue weighted by atomic mass is 32.2. The third kappa shape index (κ3) is 2.48. The second-order valence-corrected chi connectivity index (χ2v) is 6.83. The van der Waals surface area contributed by atoms with E-state index in [1.165, 1.54) is 0 Å². The molecule has 2 rings (SSSR count). The Morgan fingerprint density at radius 1 is 1.28 bits per heavy atom. The molecule has 1 aliphatic rings. The van der Waals surface area contributed by atoms with Gasteiger partial charge in [-0.1, -0.05) is 17.7 Å². The minimum absolute atomic E-state index is 0.243. The van der Waals surface area contributed by atoms with Gasteiger partial charge in [-0.25, -0.2) is 13.2 Å². The highest BCUT2D eigenvalue weighted by Crippen LogP contribution is 2.31. The van der Waals surface area contributed by atoms with Gasteiger partial charge in [0.25, 0.3) is 0 Å². The highest BCUT2D eigenvalue weighted by Gasteiger charge is 2.40. The van der Waals surface area contributed by atoms with Gasteiger partial charge < -0.3 is 10.4 Å². The molecule has 1 amide bonds. The molecule has 98 valence electrons.